The van der Waals surface area contributed by atoms with E-state index in [1.807, 2.05) is 0 Å². The van der Waals surface area contributed by atoms with Crippen LogP contribution >= 0.6 is 0 Å². The minimum Gasteiger partial charge on any atom is -0.369 e. The van der Waals surface area contributed by atoms with Crippen LogP contribution in [-0.4, -0.2) is 25.0 Å². The molecule has 0 saturated heterocycles. The second-order valence-electron chi connectivity index (χ2n) is 2.14. The molecule has 0 bridgehead atoms. The number of likely N-dealkylation sites (N-methyl/N-ethyl adjacent to an activating group) is 1. The van der Waals surface area contributed by atoms with Crippen LogP contribution in [0.2, 0.25) is 0 Å². The molecule has 0 aromatic carbocycles. The Labute approximate surface area is 80.7 Å². The smallest absolute Gasteiger partial charge is 0.281 e. The van der Waals surface area contributed by atoms with Crippen molar-refractivity contribution in [1.82, 2.24) is 5.32 Å². The molecule has 7 heteroatoms. The largest absolute Gasteiger partial charge is 0.369 e. The molecule has 0 aromatic heterocycles. The molecule has 0 heterocycles. The molecule has 0 aliphatic carbocycles. The molecule has 0 atom stereocenters. The average Bonchev–Trinajstić information content (AvgIpc) is 2.13. The van der Waals surface area contributed by atoms with Gasteiger partial charge in [-0.3, -0.25) is 9.59 Å². The molecule has 2 amide bonds. The molecule has 0 fully saturated rings. The normalized spacial score (nSPS) is 9.43. The lowest BCUT2D eigenvalue weighted by molar-refractivity contribution is -0.127. The molecule has 76 valence electrons. The predicted octanol–water partition coefficient (Wildman–Crippen LogP) is -0.0534. The maximum absolute atomic E-state index is 10.7. The zero-order chi connectivity index (χ0) is 10.8. The van der Waals surface area contributed by atoms with E-state index in [0.717, 1.165) is 0 Å². The molecular formula is C7H10N4O3. The van der Waals surface area contributed by atoms with Crippen molar-refractivity contribution in [2.24, 2.45) is 10.4 Å². The SMILES string of the molecule is CCNC(=O)CON=NC(=O)CC#N. The highest BCUT2D eigenvalue weighted by molar-refractivity contribution is 5.78. The van der Waals surface area contributed by atoms with Gasteiger partial charge in [-0.1, -0.05) is 5.11 Å². The Bertz CT molecular complexity index is 269. The van der Waals surface area contributed by atoms with E-state index < -0.39 is 5.91 Å². The number of amides is 2. The van der Waals surface area contributed by atoms with Gasteiger partial charge in [-0.05, 0) is 6.92 Å². The van der Waals surface area contributed by atoms with Crippen LogP contribution in [0.3, 0.4) is 0 Å². The van der Waals surface area contributed by atoms with E-state index in [4.69, 9.17) is 5.26 Å². The Morgan fingerprint density at radius 3 is 2.86 bits per heavy atom. The van der Waals surface area contributed by atoms with Crippen molar-refractivity contribution in [2.45, 2.75) is 13.3 Å². The van der Waals surface area contributed by atoms with E-state index in [0.29, 0.717) is 6.54 Å². The summed E-state index contributed by atoms with van der Waals surface area (Å²) in [6.45, 7) is 1.96. The second kappa shape index (κ2) is 7.67. The summed E-state index contributed by atoms with van der Waals surface area (Å²) in [6.07, 6.45) is -0.353. The van der Waals surface area contributed by atoms with E-state index >= 15 is 0 Å². The molecule has 1 N–H and O–H groups in total. The molecule has 0 spiro atoms. The van der Waals surface area contributed by atoms with Crippen LogP contribution < -0.4 is 5.32 Å². The highest BCUT2D eigenvalue weighted by Crippen LogP contribution is 1.85. The first-order chi connectivity index (χ1) is 6.70. The van der Waals surface area contributed by atoms with Gasteiger partial charge in [0.05, 0.1) is 6.07 Å². The summed E-state index contributed by atoms with van der Waals surface area (Å²) in [7, 11) is 0. The Hall–Kier alpha value is -1.97. The van der Waals surface area contributed by atoms with Gasteiger partial charge in [0.1, 0.15) is 6.42 Å². The topological polar surface area (TPSA) is 104 Å². The van der Waals surface area contributed by atoms with Gasteiger partial charge in [-0.2, -0.15) is 5.26 Å². The first-order valence-electron chi connectivity index (χ1n) is 3.90. The van der Waals surface area contributed by atoms with E-state index in [9.17, 15) is 9.59 Å². The number of nitrogens with one attached hydrogen (secondary N) is 1. The lowest BCUT2D eigenvalue weighted by Crippen LogP contribution is -2.26. The van der Waals surface area contributed by atoms with Crippen molar-refractivity contribution in [3.8, 4) is 6.07 Å². The summed E-state index contributed by atoms with van der Waals surface area (Å²) in [5, 5.41) is 16.5. The van der Waals surface area contributed by atoms with Crippen LogP contribution in [0, 0.1) is 11.3 Å². The summed E-state index contributed by atoms with van der Waals surface area (Å²) >= 11 is 0. The molecule has 0 saturated carbocycles. The number of carbonyl (C=O) groups excluding carboxylic acids is 2. The molecule has 14 heavy (non-hydrogen) atoms. The number of rotatable bonds is 5. The lowest BCUT2D eigenvalue weighted by atomic mass is 10.5. The zero-order valence-corrected chi connectivity index (χ0v) is 7.69. The van der Waals surface area contributed by atoms with Gasteiger partial charge in [-0.25, -0.2) is 0 Å². The van der Waals surface area contributed by atoms with Crippen molar-refractivity contribution in [3.63, 3.8) is 0 Å². The van der Waals surface area contributed by atoms with Gasteiger partial charge in [0.15, 0.2) is 6.61 Å². The number of carbonyl (C=O) groups is 2. The highest BCUT2D eigenvalue weighted by atomic mass is 16.6. The van der Waals surface area contributed by atoms with Crippen molar-refractivity contribution in [1.29, 1.82) is 5.26 Å². The fourth-order valence-electron chi connectivity index (χ4n) is 0.513. The number of nitriles is 1. The zero-order valence-electron chi connectivity index (χ0n) is 7.69. The Morgan fingerprint density at radius 1 is 1.57 bits per heavy atom. The van der Waals surface area contributed by atoms with Crippen molar-refractivity contribution in [2.75, 3.05) is 13.2 Å². The number of nitrogens with zero attached hydrogens (tertiary/aromatic N) is 3. The van der Waals surface area contributed by atoms with E-state index in [1.54, 1.807) is 13.0 Å². The third kappa shape index (κ3) is 6.72. The molecule has 0 radical (unpaired) electrons. The molecule has 7 nitrogen and oxygen atoms in total. The summed E-state index contributed by atoms with van der Waals surface area (Å²) in [5.74, 6) is -1.05. The van der Waals surface area contributed by atoms with Crippen LogP contribution in [0.4, 0.5) is 0 Å². The van der Waals surface area contributed by atoms with Crippen molar-refractivity contribution < 1.29 is 14.4 Å². The second-order valence-corrected chi connectivity index (χ2v) is 2.14. The third-order valence-electron chi connectivity index (χ3n) is 1.01. The Balaban J connectivity index is 3.58. The molecule has 0 aliphatic heterocycles. The minimum absolute atomic E-state index is 0.294. The van der Waals surface area contributed by atoms with Gasteiger partial charge in [0.25, 0.3) is 11.8 Å². The third-order valence-corrected chi connectivity index (χ3v) is 1.01. The molecule has 0 rings (SSSR count). The number of hydrogen-bond donors (Lipinski definition) is 1. The van der Waals surface area contributed by atoms with E-state index in [2.05, 4.69) is 20.5 Å². The van der Waals surface area contributed by atoms with Gasteiger partial charge in [-0.15, -0.1) is 0 Å². The van der Waals surface area contributed by atoms with Crippen LogP contribution in [0.15, 0.2) is 10.4 Å². The predicted molar refractivity (Wildman–Crippen MR) is 44.7 cm³/mol. The van der Waals surface area contributed by atoms with Gasteiger partial charge in [0.2, 0.25) is 0 Å². The molecule has 0 aromatic rings. The van der Waals surface area contributed by atoms with Crippen LogP contribution in [0.25, 0.3) is 0 Å². The van der Waals surface area contributed by atoms with Gasteiger partial charge in [0, 0.05) is 11.8 Å². The summed E-state index contributed by atoms with van der Waals surface area (Å²) in [5.41, 5.74) is 0. The highest BCUT2D eigenvalue weighted by Gasteiger charge is 1.99. The standard InChI is InChI=1S/C7H10N4O3/c1-2-9-7(13)5-14-11-10-6(12)3-4-8/h2-3,5H2,1H3,(H,9,13). The van der Waals surface area contributed by atoms with Crippen molar-refractivity contribution in [3.05, 3.63) is 0 Å². The summed E-state index contributed by atoms with van der Waals surface area (Å²) in [6, 6.07) is 1.60. The van der Waals surface area contributed by atoms with E-state index in [-0.39, 0.29) is 18.9 Å². The number of hydrogen-bond acceptors (Lipinski definition) is 5. The molecule has 0 unspecified atom stereocenters. The Morgan fingerprint density at radius 2 is 2.29 bits per heavy atom. The first-order valence-corrected chi connectivity index (χ1v) is 3.90. The quantitative estimate of drug-likeness (QED) is 0.493. The fourth-order valence-corrected chi connectivity index (χ4v) is 0.513. The maximum atomic E-state index is 10.7. The lowest BCUT2D eigenvalue weighted by Gasteiger charge is -1.97. The van der Waals surface area contributed by atoms with Crippen LogP contribution in [0.1, 0.15) is 13.3 Å². The van der Waals surface area contributed by atoms with Gasteiger partial charge < -0.3 is 10.2 Å². The first kappa shape index (κ1) is 12.0. The van der Waals surface area contributed by atoms with Crippen molar-refractivity contribution >= 4 is 11.8 Å². The maximum Gasteiger partial charge on any atom is 0.281 e. The van der Waals surface area contributed by atoms with E-state index in [1.165, 1.54) is 0 Å². The van der Waals surface area contributed by atoms with Crippen LogP contribution in [-0.2, 0) is 14.4 Å². The summed E-state index contributed by atoms with van der Waals surface area (Å²) < 4.78 is 0. The minimum atomic E-state index is -0.705. The monoisotopic (exact) mass is 198 g/mol. The fraction of sp³-hybridized carbons (Fsp3) is 0.571. The molecular weight excluding hydrogens is 188 g/mol. The molecule has 0 aliphatic rings. The van der Waals surface area contributed by atoms with Crippen LogP contribution in [0.5, 0.6) is 0 Å². The Kier molecular flexibility index (Phi) is 6.59. The summed E-state index contributed by atoms with van der Waals surface area (Å²) in [4.78, 5) is 25.7. The average molecular weight is 198 g/mol. The van der Waals surface area contributed by atoms with Gasteiger partial charge >= 0.3 is 0 Å².